The molecule has 3 unspecified atom stereocenters. The number of anilines is 1. The Balaban J connectivity index is 0.000000363. The number of rotatable bonds is 5. The highest BCUT2D eigenvalue weighted by molar-refractivity contribution is 5.57. The highest BCUT2D eigenvalue weighted by Crippen LogP contribution is 2.56. The number of nitrogens with one attached hydrogen (secondary N) is 1. The lowest BCUT2D eigenvalue weighted by molar-refractivity contribution is -0.0303. The normalized spacial score (nSPS) is 25.0. The van der Waals surface area contributed by atoms with Gasteiger partial charge in [0.25, 0.3) is 0 Å². The van der Waals surface area contributed by atoms with Crippen LogP contribution in [0.1, 0.15) is 89.2 Å². The maximum Gasteiger partial charge on any atom is 0.231 e. The van der Waals surface area contributed by atoms with Crippen LogP contribution in [0.4, 0.5) is 5.69 Å². The second-order valence-corrected chi connectivity index (χ2v) is 9.57. The van der Waals surface area contributed by atoms with Crippen molar-refractivity contribution < 1.29 is 14.2 Å². The zero-order valence-corrected chi connectivity index (χ0v) is 20.2. The van der Waals surface area contributed by atoms with Crippen molar-refractivity contribution in [1.82, 2.24) is 0 Å². The van der Waals surface area contributed by atoms with Crippen molar-refractivity contribution in [3.8, 4) is 17.2 Å². The first kappa shape index (κ1) is 22.8. The summed E-state index contributed by atoms with van der Waals surface area (Å²) in [6.07, 6.45) is 10.3. The average Bonchev–Trinajstić information content (AvgIpc) is 3.27. The van der Waals surface area contributed by atoms with Crippen LogP contribution in [-0.4, -0.2) is 19.4 Å². The van der Waals surface area contributed by atoms with Crippen molar-refractivity contribution in [3.63, 3.8) is 0 Å². The summed E-state index contributed by atoms with van der Waals surface area (Å²) in [4.78, 5) is 0. The van der Waals surface area contributed by atoms with E-state index in [2.05, 4.69) is 56.4 Å². The van der Waals surface area contributed by atoms with Crippen LogP contribution in [0.15, 0.2) is 36.4 Å². The Bertz CT molecular complexity index is 890. The fraction of sp³-hybridized carbons (Fsp3) is 0.571. The smallest absolute Gasteiger partial charge is 0.231 e. The van der Waals surface area contributed by atoms with E-state index in [1.54, 1.807) is 0 Å². The molecule has 1 aliphatic carbocycles. The number of ether oxygens (including phenoxy) is 3. The van der Waals surface area contributed by atoms with Crippen LogP contribution in [0.25, 0.3) is 0 Å². The van der Waals surface area contributed by atoms with E-state index in [9.17, 15) is 0 Å². The van der Waals surface area contributed by atoms with Gasteiger partial charge in [-0.15, -0.1) is 0 Å². The number of hydrogen-bond donors (Lipinski definition) is 1. The van der Waals surface area contributed by atoms with Gasteiger partial charge in [0.2, 0.25) is 6.79 Å². The molecule has 2 heterocycles. The highest BCUT2D eigenvalue weighted by Gasteiger charge is 2.48. The van der Waals surface area contributed by atoms with Crippen LogP contribution in [0.3, 0.4) is 0 Å². The molecule has 0 aromatic heterocycles. The molecule has 2 aromatic rings. The van der Waals surface area contributed by atoms with Crippen LogP contribution in [0, 0.1) is 5.92 Å². The molecule has 3 atom stereocenters. The minimum atomic E-state index is -0.120. The monoisotopic (exact) mass is 437 g/mol. The predicted molar refractivity (Wildman–Crippen MR) is 131 cm³/mol. The van der Waals surface area contributed by atoms with Gasteiger partial charge in [0.15, 0.2) is 11.5 Å². The molecule has 0 bridgehead atoms. The summed E-state index contributed by atoms with van der Waals surface area (Å²) in [7, 11) is 1.96. The molecule has 3 aliphatic rings. The predicted octanol–water partition coefficient (Wildman–Crippen LogP) is 7.52. The molecule has 4 heteroatoms. The van der Waals surface area contributed by atoms with E-state index < -0.39 is 0 Å². The molecule has 0 spiro atoms. The summed E-state index contributed by atoms with van der Waals surface area (Å²) in [5, 5.41) is 3.21. The molecule has 0 saturated heterocycles. The van der Waals surface area contributed by atoms with Crippen LogP contribution in [0.2, 0.25) is 0 Å². The van der Waals surface area contributed by atoms with Crippen LogP contribution < -0.4 is 19.5 Å². The molecule has 1 saturated carbocycles. The molecule has 5 rings (SSSR count). The van der Waals surface area contributed by atoms with Crippen molar-refractivity contribution in [3.05, 3.63) is 47.5 Å². The minimum Gasteiger partial charge on any atom is -0.487 e. The topological polar surface area (TPSA) is 39.7 Å². The summed E-state index contributed by atoms with van der Waals surface area (Å²) in [6, 6.07) is 13.0. The molecule has 1 fully saturated rings. The van der Waals surface area contributed by atoms with Gasteiger partial charge in [-0.05, 0) is 49.9 Å². The van der Waals surface area contributed by atoms with Gasteiger partial charge in [-0.25, -0.2) is 0 Å². The fourth-order valence-electron chi connectivity index (χ4n) is 5.48. The zero-order chi connectivity index (χ0) is 22.6. The third kappa shape index (κ3) is 4.55. The lowest BCUT2D eigenvalue weighted by Crippen LogP contribution is -2.49. The third-order valence-corrected chi connectivity index (χ3v) is 7.32. The molecular formula is C28H39NO3. The van der Waals surface area contributed by atoms with Gasteiger partial charge in [-0.3, -0.25) is 0 Å². The van der Waals surface area contributed by atoms with E-state index in [1.807, 2.05) is 13.1 Å². The van der Waals surface area contributed by atoms with Gasteiger partial charge >= 0.3 is 0 Å². The molecule has 0 amide bonds. The van der Waals surface area contributed by atoms with Gasteiger partial charge in [0.1, 0.15) is 11.4 Å². The Morgan fingerprint density at radius 3 is 2.28 bits per heavy atom. The molecule has 2 aliphatic heterocycles. The summed E-state index contributed by atoms with van der Waals surface area (Å²) >= 11 is 0. The first-order valence-corrected chi connectivity index (χ1v) is 12.5. The first-order valence-electron chi connectivity index (χ1n) is 12.5. The highest BCUT2D eigenvalue weighted by atomic mass is 16.7. The van der Waals surface area contributed by atoms with Gasteiger partial charge in [-0.1, -0.05) is 58.1 Å². The average molecular weight is 438 g/mol. The summed E-state index contributed by atoms with van der Waals surface area (Å²) in [5.74, 6) is 3.39. The van der Waals surface area contributed by atoms with Crippen molar-refractivity contribution in [2.24, 2.45) is 5.92 Å². The molecule has 174 valence electrons. The Hall–Kier alpha value is -2.36. The number of hydrogen-bond acceptors (Lipinski definition) is 4. The summed E-state index contributed by atoms with van der Waals surface area (Å²) in [5.41, 5.74) is 3.60. The molecule has 2 aromatic carbocycles. The molecule has 32 heavy (non-hydrogen) atoms. The number of unbranched alkanes of at least 4 members (excludes halogenated alkanes) is 3. The van der Waals surface area contributed by atoms with E-state index >= 15 is 0 Å². The number of benzene rings is 2. The minimum absolute atomic E-state index is 0.120. The van der Waals surface area contributed by atoms with Gasteiger partial charge in [0.05, 0.1) is 0 Å². The fourth-order valence-corrected chi connectivity index (χ4v) is 5.48. The van der Waals surface area contributed by atoms with Crippen molar-refractivity contribution in [2.45, 2.75) is 83.7 Å². The lowest BCUT2D eigenvalue weighted by atomic mass is 9.64. The van der Waals surface area contributed by atoms with Crippen molar-refractivity contribution in [1.29, 1.82) is 0 Å². The van der Waals surface area contributed by atoms with Gasteiger partial charge in [-0.2, -0.15) is 0 Å². The van der Waals surface area contributed by atoms with E-state index in [1.165, 1.54) is 56.1 Å². The molecule has 0 radical (unpaired) electrons. The van der Waals surface area contributed by atoms with Crippen LogP contribution in [-0.2, 0) is 0 Å². The van der Waals surface area contributed by atoms with Crippen LogP contribution in [0.5, 0.6) is 17.2 Å². The van der Waals surface area contributed by atoms with Crippen molar-refractivity contribution >= 4 is 5.69 Å². The van der Waals surface area contributed by atoms with E-state index in [0.717, 1.165) is 29.4 Å². The van der Waals surface area contributed by atoms with Gasteiger partial charge < -0.3 is 19.5 Å². The second-order valence-electron chi connectivity index (χ2n) is 9.57. The standard InChI is InChI=1S/C22H25NO3.C6H14/c1-22-10-4-3-5-17(22)21(14-6-8-15(23-2)9-7-14)16-11-19-20(25-13-24-19)12-18(16)26-22;1-3-5-6-4-2/h6-9,11-12,17,21,23H,3-5,10,13H2,1-2H3;3-6H2,1-2H3. The van der Waals surface area contributed by atoms with Crippen LogP contribution >= 0.6 is 0 Å². The Labute approximate surface area is 193 Å². The molecule has 1 N–H and O–H groups in total. The number of fused-ring (bicyclic) bond motifs is 3. The molecule has 4 nitrogen and oxygen atoms in total. The SMILES string of the molecule is CCCCCC.CNc1ccc(C2c3cc4c(cc3OC3(C)CCCCC23)OCO4)cc1. The van der Waals surface area contributed by atoms with Gasteiger partial charge in [0, 0.05) is 36.2 Å². The summed E-state index contributed by atoms with van der Waals surface area (Å²) < 4.78 is 17.9. The third-order valence-electron chi connectivity index (χ3n) is 7.32. The van der Waals surface area contributed by atoms with E-state index in [-0.39, 0.29) is 5.60 Å². The quantitative estimate of drug-likeness (QED) is 0.491. The van der Waals surface area contributed by atoms with E-state index in [0.29, 0.717) is 18.6 Å². The largest absolute Gasteiger partial charge is 0.487 e. The summed E-state index contributed by atoms with van der Waals surface area (Å²) in [6.45, 7) is 7.05. The second kappa shape index (κ2) is 10.1. The maximum absolute atomic E-state index is 6.60. The Kier molecular flexibility index (Phi) is 7.17. The zero-order valence-electron chi connectivity index (χ0n) is 20.2. The lowest BCUT2D eigenvalue weighted by Gasteiger charge is -2.49. The van der Waals surface area contributed by atoms with Crippen molar-refractivity contribution in [2.75, 3.05) is 19.2 Å². The molecular weight excluding hydrogens is 398 g/mol. The maximum atomic E-state index is 6.60. The van der Waals surface area contributed by atoms with E-state index in [4.69, 9.17) is 14.2 Å². The first-order chi connectivity index (χ1) is 15.6. The Morgan fingerprint density at radius 1 is 0.938 bits per heavy atom. The Morgan fingerprint density at radius 2 is 1.62 bits per heavy atom.